The number of aryl methyl sites for hydroxylation is 1. The third-order valence-corrected chi connectivity index (χ3v) is 4.84. The molecule has 2 aromatic carbocycles. The second-order valence-corrected chi connectivity index (χ2v) is 7.04. The summed E-state index contributed by atoms with van der Waals surface area (Å²) in [7, 11) is 1.70. The number of nitrogens with zero attached hydrogens (tertiary/aromatic N) is 3. The van der Waals surface area contributed by atoms with E-state index in [0.29, 0.717) is 28.2 Å². The fourth-order valence-electron chi connectivity index (χ4n) is 3.30. The highest BCUT2D eigenvalue weighted by atomic mass is 19.1. The van der Waals surface area contributed by atoms with Crippen LogP contribution in [0.15, 0.2) is 79.1 Å². The lowest BCUT2D eigenvalue weighted by molar-refractivity contribution is -0.115. The number of carbonyl (C=O) groups is 2. The van der Waals surface area contributed by atoms with Gasteiger partial charge in [-0.3, -0.25) is 19.3 Å². The average Bonchev–Trinajstić information content (AvgIpc) is 3.14. The second-order valence-electron chi connectivity index (χ2n) is 7.04. The van der Waals surface area contributed by atoms with Gasteiger partial charge in [-0.05, 0) is 54.1 Å². The van der Waals surface area contributed by atoms with Gasteiger partial charge in [0, 0.05) is 30.6 Å². The number of amides is 2. The van der Waals surface area contributed by atoms with Crippen LogP contribution in [-0.2, 0) is 11.8 Å². The molecule has 0 spiro atoms. The van der Waals surface area contributed by atoms with Crippen molar-refractivity contribution < 1.29 is 14.0 Å². The van der Waals surface area contributed by atoms with E-state index in [0.717, 1.165) is 5.56 Å². The summed E-state index contributed by atoms with van der Waals surface area (Å²) in [5, 5.41) is 10.0. The van der Waals surface area contributed by atoms with E-state index >= 15 is 0 Å². The first-order valence-corrected chi connectivity index (χ1v) is 9.89. The molecular weight excluding hydrogens is 409 g/mol. The van der Waals surface area contributed by atoms with Crippen LogP contribution < -0.4 is 10.6 Å². The van der Waals surface area contributed by atoms with Gasteiger partial charge >= 0.3 is 0 Å². The second kappa shape index (κ2) is 9.22. The molecule has 0 aliphatic rings. The Balaban J connectivity index is 1.61. The molecule has 0 aliphatic heterocycles. The third-order valence-electron chi connectivity index (χ3n) is 4.84. The Morgan fingerprint density at radius 3 is 2.31 bits per heavy atom. The number of anilines is 1. The summed E-state index contributed by atoms with van der Waals surface area (Å²) in [6, 6.07) is 18.2. The molecule has 0 saturated carbocycles. The van der Waals surface area contributed by atoms with E-state index in [1.165, 1.54) is 12.1 Å². The van der Waals surface area contributed by atoms with Crippen LogP contribution in [0.25, 0.3) is 22.4 Å². The van der Waals surface area contributed by atoms with Crippen molar-refractivity contribution >= 4 is 17.6 Å². The van der Waals surface area contributed by atoms with Crippen LogP contribution in [0.2, 0.25) is 0 Å². The highest BCUT2D eigenvalue weighted by Gasteiger charge is 2.21. The lowest BCUT2D eigenvalue weighted by Gasteiger charge is -2.10. The summed E-state index contributed by atoms with van der Waals surface area (Å²) in [4.78, 5) is 28.9. The maximum Gasteiger partial charge on any atom is 0.251 e. The Hall–Kier alpha value is -4.33. The van der Waals surface area contributed by atoms with Crippen molar-refractivity contribution in [1.29, 1.82) is 0 Å². The van der Waals surface area contributed by atoms with E-state index in [4.69, 9.17) is 0 Å². The molecule has 2 aromatic heterocycles. The van der Waals surface area contributed by atoms with Gasteiger partial charge in [-0.15, -0.1) is 0 Å². The summed E-state index contributed by atoms with van der Waals surface area (Å²) in [5.41, 5.74) is 3.21. The normalized spacial score (nSPS) is 10.6. The molecule has 4 aromatic rings. The number of rotatable bonds is 6. The number of pyridine rings is 1. The topological polar surface area (TPSA) is 88.9 Å². The Bertz CT molecular complexity index is 1240. The summed E-state index contributed by atoms with van der Waals surface area (Å²) in [6.07, 6.45) is 3.28. The molecule has 160 valence electrons. The zero-order chi connectivity index (χ0) is 22.5. The third kappa shape index (κ3) is 4.54. The van der Waals surface area contributed by atoms with E-state index in [1.54, 1.807) is 72.7 Å². The van der Waals surface area contributed by atoms with Crippen molar-refractivity contribution in [1.82, 2.24) is 20.1 Å². The largest absolute Gasteiger partial charge is 0.343 e. The van der Waals surface area contributed by atoms with Gasteiger partial charge in [-0.25, -0.2) is 4.39 Å². The number of hydrogen-bond donors (Lipinski definition) is 2. The fraction of sp³-hybridized carbons (Fsp3) is 0.0833. The Labute approximate surface area is 183 Å². The van der Waals surface area contributed by atoms with Gasteiger partial charge in [0.25, 0.3) is 5.91 Å². The molecule has 7 nitrogen and oxygen atoms in total. The van der Waals surface area contributed by atoms with Crippen molar-refractivity contribution in [3.8, 4) is 22.4 Å². The predicted molar refractivity (Wildman–Crippen MR) is 119 cm³/mol. The minimum Gasteiger partial charge on any atom is -0.343 e. The van der Waals surface area contributed by atoms with Gasteiger partial charge in [0.1, 0.15) is 17.3 Å². The molecular formula is C24H20FN5O2. The smallest absolute Gasteiger partial charge is 0.251 e. The molecule has 2 N–H and O–H groups in total. The van der Waals surface area contributed by atoms with Gasteiger partial charge in [-0.1, -0.05) is 18.2 Å². The number of carbonyl (C=O) groups excluding carboxylic acids is 2. The zero-order valence-corrected chi connectivity index (χ0v) is 17.2. The van der Waals surface area contributed by atoms with E-state index in [-0.39, 0.29) is 18.3 Å². The van der Waals surface area contributed by atoms with Gasteiger partial charge < -0.3 is 10.6 Å². The lowest BCUT2D eigenvalue weighted by Crippen LogP contribution is -2.33. The van der Waals surface area contributed by atoms with Crippen LogP contribution in [0.3, 0.4) is 0 Å². The quantitative estimate of drug-likeness (QED) is 0.490. The SMILES string of the molecule is Cn1nc(-c2ccc(F)cc2)c(-c2ccncc2)c1NC(=O)CNC(=O)c1ccccc1. The van der Waals surface area contributed by atoms with Crippen LogP contribution in [0.4, 0.5) is 10.2 Å². The maximum absolute atomic E-state index is 13.4. The number of aromatic nitrogens is 3. The molecule has 4 rings (SSSR count). The monoisotopic (exact) mass is 429 g/mol. The van der Waals surface area contributed by atoms with Crippen molar-refractivity contribution in [3.05, 3.63) is 90.5 Å². The molecule has 2 amide bonds. The molecule has 0 radical (unpaired) electrons. The molecule has 2 heterocycles. The molecule has 0 aliphatic carbocycles. The van der Waals surface area contributed by atoms with Gasteiger partial charge in [0.2, 0.25) is 5.91 Å². The van der Waals surface area contributed by atoms with Crippen LogP contribution in [0, 0.1) is 5.82 Å². The van der Waals surface area contributed by atoms with Crippen molar-refractivity contribution in [2.75, 3.05) is 11.9 Å². The van der Waals surface area contributed by atoms with Crippen LogP contribution >= 0.6 is 0 Å². The molecule has 0 atom stereocenters. The van der Waals surface area contributed by atoms with E-state index in [2.05, 4.69) is 20.7 Å². The number of benzene rings is 2. The van der Waals surface area contributed by atoms with Crippen LogP contribution in [-0.4, -0.2) is 33.1 Å². The lowest BCUT2D eigenvalue weighted by atomic mass is 10.0. The molecule has 32 heavy (non-hydrogen) atoms. The first-order chi connectivity index (χ1) is 15.5. The van der Waals surface area contributed by atoms with Crippen LogP contribution in [0.5, 0.6) is 0 Å². The first-order valence-electron chi connectivity index (χ1n) is 9.89. The summed E-state index contributed by atoms with van der Waals surface area (Å²) in [5.74, 6) is -0.641. The summed E-state index contributed by atoms with van der Waals surface area (Å²) >= 11 is 0. The zero-order valence-electron chi connectivity index (χ0n) is 17.2. The van der Waals surface area contributed by atoms with Crippen molar-refractivity contribution in [2.45, 2.75) is 0 Å². The summed E-state index contributed by atoms with van der Waals surface area (Å²) < 4.78 is 15.0. The van der Waals surface area contributed by atoms with E-state index in [1.807, 2.05) is 6.07 Å². The van der Waals surface area contributed by atoms with Gasteiger partial charge in [0.05, 0.1) is 12.1 Å². The molecule has 0 unspecified atom stereocenters. The average molecular weight is 429 g/mol. The summed E-state index contributed by atoms with van der Waals surface area (Å²) in [6.45, 7) is -0.208. The van der Waals surface area contributed by atoms with Gasteiger partial charge in [0.15, 0.2) is 0 Å². The number of hydrogen-bond acceptors (Lipinski definition) is 4. The number of halogens is 1. The predicted octanol–water partition coefficient (Wildman–Crippen LogP) is 3.66. The Kier molecular flexibility index (Phi) is 6.03. The van der Waals surface area contributed by atoms with E-state index < -0.39 is 5.91 Å². The first kappa shape index (κ1) is 20.9. The maximum atomic E-state index is 13.4. The fourth-order valence-corrected chi connectivity index (χ4v) is 3.30. The Morgan fingerprint density at radius 1 is 0.938 bits per heavy atom. The van der Waals surface area contributed by atoms with Crippen molar-refractivity contribution in [3.63, 3.8) is 0 Å². The molecule has 0 bridgehead atoms. The molecule has 0 saturated heterocycles. The highest BCUT2D eigenvalue weighted by molar-refractivity contribution is 6.02. The van der Waals surface area contributed by atoms with Crippen LogP contribution in [0.1, 0.15) is 10.4 Å². The minimum absolute atomic E-state index is 0.208. The van der Waals surface area contributed by atoms with Crippen molar-refractivity contribution in [2.24, 2.45) is 7.05 Å². The van der Waals surface area contributed by atoms with Gasteiger partial charge in [-0.2, -0.15) is 5.10 Å². The molecule has 8 heteroatoms. The standard InChI is InChI=1S/C24H20FN5O2/c1-30-23(28-20(31)15-27-24(32)18-5-3-2-4-6-18)21(16-11-13-26-14-12-16)22(29-30)17-7-9-19(25)10-8-17/h2-14H,15H2,1H3,(H,27,32)(H,28,31). The molecule has 0 fully saturated rings. The highest BCUT2D eigenvalue weighted by Crippen LogP contribution is 2.37. The minimum atomic E-state index is -0.404. The number of nitrogens with one attached hydrogen (secondary N) is 2. The Morgan fingerprint density at radius 2 is 1.62 bits per heavy atom. The van der Waals surface area contributed by atoms with E-state index in [9.17, 15) is 14.0 Å².